The zero-order valence-corrected chi connectivity index (χ0v) is 41.8. The van der Waals surface area contributed by atoms with Gasteiger partial charge in [0.05, 0.1) is 25.9 Å². The summed E-state index contributed by atoms with van der Waals surface area (Å²) in [6.07, 6.45) is -10.1. The molecular weight excluding hydrogens is 953 g/mol. The highest BCUT2D eigenvalue weighted by atomic mass is 16.8. The van der Waals surface area contributed by atoms with Crippen molar-refractivity contribution < 1.29 is 98.3 Å². The standard InChI is InChI=1S/C48H82N4O20/c1-5-6-7-8-9-10-11-14-17-27-18-15-12-13-16-19-32(59)52-34-38(61)37(60)29(21-53)68-46(34)70-42-28(20-27)67-47(35(40(42)63)50-25(3)57)72-44-31(23-55)69-48(36(41(44)64)51-26(4)58)71-43-30(22-54)66-45(65)33(39(43)62)49-24(2)56/h14,17,27-31,33-48,53-55,60-65H,5-13,15-16,18-23H2,1-4H3,(H,49,56)(H,50,57)(H,51,58)(H,52,59). The molecule has 24 heteroatoms. The first-order valence-corrected chi connectivity index (χ1v) is 25.7. The molecule has 21 unspecified atom stereocenters. The maximum atomic E-state index is 13.3. The number of nitrogens with one attached hydrogen (secondary N) is 4. The van der Waals surface area contributed by atoms with Gasteiger partial charge < -0.3 is 100 Å². The Bertz CT molecular complexity index is 1720. The maximum absolute atomic E-state index is 13.3. The van der Waals surface area contributed by atoms with E-state index in [9.17, 15) is 65.1 Å². The van der Waals surface area contributed by atoms with Crippen molar-refractivity contribution in [3.63, 3.8) is 0 Å². The predicted molar refractivity (Wildman–Crippen MR) is 250 cm³/mol. The predicted octanol–water partition coefficient (Wildman–Crippen LogP) is -2.52. The van der Waals surface area contributed by atoms with Gasteiger partial charge in [-0.3, -0.25) is 19.2 Å². The van der Waals surface area contributed by atoms with Crippen LogP contribution in [0.4, 0.5) is 0 Å². The summed E-state index contributed by atoms with van der Waals surface area (Å²) >= 11 is 0. The van der Waals surface area contributed by atoms with Gasteiger partial charge in [-0.2, -0.15) is 0 Å². The molecule has 13 N–H and O–H groups in total. The summed E-state index contributed by atoms with van der Waals surface area (Å²) in [5, 5.41) is 110. The molecule has 5 saturated heterocycles. The second kappa shape index (κ2) is 29.3. The van der Waals surface area contributed by atoms with E-state index in [1.165, 1.54) is 19.8 Å². The van der Waals surface area contributed by atoms with E-state index in [0.717, 1.165) is 65.2 Å². The second-order valence-corrected chi connectivity index (χ2v) is 19.7. The monoisotopic (exact) mass is 1030 g/mol. The third kappa shape index (κ3) is 16.2. The number of aliphatic hydroxyl groups excluding tert-OH is 9. The van der Waals surface area contributed by atoms with Crippen molar-refractivity contribution in [1.82, 2.24) is 21.3 Å². The van der Waals surface area contributed by atoms with Gasteiger partial charge in [-0.25, -0.2) is 0 Å². The van der Waals surface area contributed by atoms with Crippen molar-refractivity contribution in [2.75, 3.05) is 19.8 Å². The Kier molecular flexibility index (Phi) is 24.4. The summed E-state index contributed by atoms with van der Waals surface area (Å²) in [7, 11) is 0. The van der Waals surface area contributed by atoms with E-state index in [0.29, 0.717) is 12.8 Å². The third-order valence-corrected chi connectivity index (χ3v) is 14.0. The minimum Gasteiger partial charge on any atom is -0.394 e. The fourth-order valence-electron chi connectivity index (χ4n) is 10.2. The SMILES string of the molecule is CCCCCCCCC=CC1CCCCCCC(=O)NC2C(OC(CO)C(O)C2O)OC2C(C1)OC(OC1C(CO)OC(OC3C(CO)OC(O)C(NC(C)=O)C3O)C(NC(C)=O)C1O)C(NC(C)=O)C2O. The van der Waals surface area contributed by atoms with Crippen LogP contribution >= 0.6 is 0 Å². The highest BCUT2D eigenvalue weighted by molar-refractivity contribution is 5.76. The molecule has 0 aliphatic carbocycles. The zero-order chi connectivity index (χ0) is 52.6. The van der Waals surface area contributed by atoms with Crippen molar-refractivity contribution in [3.8, 4) is 0 Å². The molecule has 0 aromatic carbocycles. The van der Waals surface area contributed by atoms with Gasteiger partial charge in [0.2, 0.25) is 23.6 Å². The average molecular weight is 1040 g/mol. The van der Waals surface area contributed by atoms with Crippen LogP contribution in [0.3, 0.4) is 0 Å². The molecule has 5 aliphatic rings. The van der Waals surface area contributed by atoms with E-state index >= 15 is 0 Å². The number of hydrogen-bond acceptors (Lipinski definition) is 20. The summed E-state index contributed by atoms with van der Waals surface area (Å²) < 4.78 is 43.3. The van der Waals surface area contributed by atoms with E-state index in [-0.39, 0.29) is 18.8 Å². The van der Waals surface area contributed by atoms with Crippen LogP contribution < -0.4 is 21.3 Å². The average Bonchev–Trinajstić information content (AvgIpc) is 3.33. The molecule has 0 saturated carbocycles. The van der Waals surface area contributed by atoms with Gasteiger partial charge in [-0.15, -0.1) is 0 Å². The lowest BCUT2D eigenvalue weighted by Crippen LogP contribution is -2.71. The number of hydrogen-bond donors (Lipinski definition) is 13. The number of allylic oxidation sites excluding steroid dienone is 2. The molecule has 72 heavy (non-hydrogen) atoms. The van der Waals surface area contributed by atoms with Crippen LogP contribution in [0.15, 0.2) is 12.2 Å². The number of carbonyl (C=O) groups is 4. The summed E-state index contributed by atoms with van der Waals surface area (Å²) in [6.45, 7) is 3.17. The van der Waals surface area contributed by atoms with Crippen LogP contribution in [-0.2, 0) is 52.3 Å². The van der Waals surface area contributed by atoms with Gasteiger partial charge >= 0.3 is 0 Å². The number of ether oxygens (including phenoxy) is 7. The van der Waals surface area contributed by atoms with Gasteiger partial charge in [0.25, 0.3) is 0 Å². The molecule has 24 nitrogen and oxygen atoms in total. The Morgan fingerprint density at radius 3 is 1.82 bits per heavy atom. The summed E-state index contributed by atoms with van der Waals surface area (Å²) in [5.74, 6) is -2.66. The molecule has 0 aromatic heterocycles. The number of rotatable bonds is 18. The van der Waals surface area contributed by atoms with Crippen molar-refractivity contribution in [3.05, 3.63) is 12.2 Å². The molecule has 5 rings (SSSR count). The van der Waals surface area contributed by atoms with Crippen molar-refractivity contribution in [2.45, 2.75) is 240 Å². The Morgan fingerprint density at radius 1 is 0.639 bits per heavy atom. The summed E-state index contributed by atoms with van der Waals surface area (Å²) in [6, 6.07) is -5.93. The fraction of sp³-hybridized carbons (Fsp3) is 0.875. The van der Waals surface area contributed by atoms with Gasteiger partial charge in [-0.05, 0) is 38.0 Å². The second-order valence-electron chi connectivity index (χ2n) is 19.7. The van der Waals surface area contributed by atoms with Crippen molar-refractivity contribution >= 4 is 23.6 Å². The molecule has 414 valence electrons. The highest BCUT2D eigenvalue weighted by Gasteiger charge is 2.56. The Balaban J connectivity index is 1.50. The van der Waals surface area contributed by atoms with Gasteiger partial charge in [0.1, 0.15) is 91.3 Å². The lowest BCUT2D eigenvalue weighted by atomic mass is 9.87. The number of amides is 4. The maximum Gasteiger partial charge on any atom is 0.220 e. The minimum atomic E-state index is -1.85. The van der Waals surface area contributed by atoms with Crippen LogP contribution in [0.2, 0.25) is 0 Å². The molecule has 0 aromatic rings. The molecule has 21 atom stereocenters. The van der Waals surface area contributed by atoms with E-state index in [2.05, 4.69) is 40.3 Å². The highest BCUT2D eigenvalue weighted by Crippen LogP contribution is 2.37. The Labute approximate surface area is 420 Å². The number of aliphatic hydroxyl groups is 9. The molecule has 0 radical (unpaired) electrons. The first-order chi connectivity index (χ1) is 34.4. The van der Waals surface area contributed by atoms with E-state index in [4.69, 9.17) is 33.2 Å². The van der Waals surface area contributed by atoms with Crippen LogP contribution in [0.25, 0.3) is 0 Å². The molecule has 5 heterocycles. The van der Waals surface area contributed by atoms with E-state index in [1.54, 1.807) is 0 Å². The number of fused-ring (bicyclic) bond motifs is 2. The minimum absolute atomic E-state index is 0.100. The molecule has 5 aliphatic heterocycles. The van der Waals surface area contributed by atoms with Gasteiger partial charge in [-0.1, -0.05) is 70.4 Å². The quantitative estimate of drug-likeness (QED) is 0.0498. The topological polar surface area (TPSA) is 363 Å². The lowest BCUT2D eigenvalue weighted by molar-refractivity contribution is -0.361. The smallest absolute Gasteiger partial charge is 0.220 e. The van der Waals surface area contributed by atoms with Crippen LogP contribution in [0.1, 0.15) is 118 Å². The number of unbranched alkanes of at least 4 members (excludes halogenated alkanes) is 6. The third-order valence-electron chi connectivity index (χ3n) is 14.0. The van der Waals surface area contributed by atoms with Gasteiger partial charge in [0, 0.05) is 27.2 Å². The van der Waals surface area contributed by atoms with Crippen molar-refractivity contribution in [1.29, 1.82) is 0 Å². The Morgan fingerprint density at radius 2 is 1.19 bits per heavy atom. The molecule has 4 amide bonds. The van der Waals surface area contributed by atoms with Crippen LogP contribution in [0.5, 0.6) is 0 Å². The van der Waals surface area contributed by atoms with Gasteiger partial charge in [0.15, 0.2) is 25.2 Å². The lowest BCUT2D eigenvalue weighted by Gasteiger charge is -2.51. The normalized spacial score (nSPS) is 40.4. The van der Waals surface area contributed by atoms with Crippen LogP contribution in [0, 0.1) is 5.92 Å². The first-order valence-electron chi connectivity index (χ1n) is 25.7. The van der Waals surface area contributed by atoms with Crippen molar-refractivity contribution in [2.24, 2.45) is 5.92 Å². The molecule has 5 fully saturated rings. The fourth-order valence-corrected chi connectivity index (χ4v) is 10.2. The molecule has 0 spiro atoms. The molecular formula is C48H82N4O20. The Hall–Kier alpha value is -3.02. The summed E-state index contributed by atoms with van der Waals surface area (Å²) in [5.41, 5.74) is 0. The number of carbonyl (C=O) groups excluding carboxylic acids is 4. The van der Waals surface area contributed by atoms with E-state index < -0.39 is 166 Å². The summed E-state index contributed by atoms with van der Waals surface area (Å²) in [4.78, 5) is 50.9. The van der Waals surface area contributed by atoms with Crippen LogP contribution in [-0.4, -0.2) is 212 Å². The molecule has 0 bridgehead atoms. The first kappa shape index (κ1) is 59.9. The van der Waals surface area contributed by atoms with E-state index in [1.807, 2.05) is 0 Å². The largest absolute Gasteiger partial charge is 0.394 e. The zero-order valence-electron chi connectivity index (χ0n) is 41.8.